The summed E-state index contributed by atoms with van der Waals surface area (Å²) in [6.45, 7) is -0.492. The maximum Gasteiger partial charge on any atom is 0.351 e. The summed E-state index contributed by atoms with van der Waals surface area (Å²) in [5.41, 5.74) is 4.85. The molecule has 5 N–H and O–H groups in total. The number of rotatable bonds is 2. The molecule has 19 heavy (non-hydrogen) atoms. The minimum absolute atomic E-state index is 0.101. The Labute approximate surface area is 108 Å². The van der Waals surface area contributed by atoms with E-state index in [2.05, 4.69) is 10.9 Å². The molecule has 4 unspecified atom stereocenters. The van der Waals surface area contributed by atoms with E-state index in [0.717, 1.165) is 4.57 Å². The summed E-state index contributed by atoms with van der Waals surface area (Å²) in [6, 6.07) is 0. The van der Waals surface area contributed by atoms with Crippen LogP contribution in [-0.2, 0) is 4.74 Å². The van der Waals surface area contributed by atoms with E-state index in [1.54, 1.807) is 0 Å². The van der Waals surface area contributed by atoms with E-state index in [0.29, 0.717) is 0 Å². The van der Waals surface area contributed by atoms with Crippen molar-refractivity contribution in [1.29, 1.82) is 0 Å². The van der Waals surface area contributed by atoms with E-state index >= 15 is 0 Å². The molecule has 0 aromatic carbocycles. The number of nitrogen functional groups attached to an aromatic ring is 1. The van der Waals surface area contributed by atoms with Crippen LogP contribution in [0.1, 0.15) is 11.8 Å². The fourth-order valence-corrected chi connectivity index (χ4v) is 1.88. The van der Waals surface area contributed by atoms with Crippen LogP contribution in [0.2, 0.25) is 0 Å². The summed E-state index contributed by atoms with van der Waals surface area (Å²) in [5, 5.41) is 28.4. The lowest BCUT2D eigenvalue weighted by molar-refractivity contribution is -0.0549. The van der Waals surface area contributed by atoms with Gasteiger partial charge in [-0.1, -0.05) is 5.92 Å². The topological polar surface area (TPSA) is 131 Å². The predicted molar refractivity (Wildman–Crippen MR) is 63.9 cm³/mol. The first-order chi connectivity index (χ1) is 8.99. The molecule has 1 saturated heterocycles. The molecular weight excluding hydrogens is 254 g/mol. The van der Waals surface area contributed by atoms with Gasteiger partial charge in [-0.25, -0.2) is 4.79 Å². The third-order valence-corrected chi connectivity index (χ3v) is 2.93. The van der Waals surface area contributed by atoms with Crippen molar-refractivity contribution in [2.45, 2.75) is 24.5 Å². The lowest BCUT2D eigenvalue weighted by Crippen LogP contribution is -2.36. The maximum atomic E-state index is 11.7. The van der Waals surface area contributed by atoms with Gasteiger partial charge in [0.25, 0.3) is 0 Å². The minimum atomic E-state index is -1.38. The van der Waals surface area contributed by atoms with Crippen LogP contribution < -0.4 is 11.4 Å². The molecule has 102 valence electrons. The standard InChI is InChI=1S/C11H13N3O5/c1-2-5-3-14(11(18)13-9(5)12)10-8(17)7(16)6(4-15)19-10/h1,3,6-8,10,15-17H,4H2,(H2,12,13,18). The maximum absolute atomic E-state index is 11.7. The Morgan fingerprint density at radius 3 is 2.74 bits per heavy atom. The molecule has 8 nitrogen and oxygen atoms in total. The van der Waals surface area contributed by atoms with Gasteiger partial charge < -0.3 is 25.8 Å². The second kappa shape index (κ2) is 4.99. The number of hydrogen-bond acceptors (Lipinski definition) is 7. The van der Waals surface area contributed by atoms with Crippen molar-refractivity contribution in [3.8, 4) is 12.3 Å². The summed E-state index contributed by atoms with van der Waals surface area (Å²) in [5.74, 6) is 2.14. The van der Waals surface area contributed by atoms with Crippen LogP contribution >= 0.6 is 0 Å². The van der Waals surface area contributed by atoms with Gasteiger partial charge in [-0.05, 0) is 0 Å². The molecule has 1 aliphatic heterocycles. The lowest BCUT2D eigenvalue weighted by atomic mass is 10.1. The average molecular weight is 267 g/mol. The second-order valence-corrected chi connectivity index (χ2v) is 4.10. The van der Waals surface area contributed by atoms with Crippen LogP contribution in [0, 0.1) is 12.3 Å². The average Bonchev–Trinajstić information content (AvgIpc) is 2.67. The van der Waals surface area contributed by atoms with Crippen molar-refractivity contribution in [3.05, 3.63) is 22.2 Å². The first kappa shape index (κ1) is 13.5. The van der Waals surface area contributed by atoms with Crippen LogP contribution in [-0.4, -0.2) is 49.8 Å². The Morgan fingerprint density at radius 2 is 2.21 bits per heavy atom. The van der Waals surface area contributed by atoms with Crippen LogP contribution in [0.4, 0.5) is 5.82 Å². The summed E-state index contributed by atoms with van der Waals surface area (Å²) >= 11 is 0. The van der Waals surface area contributed by atoms with Gasteiger partial charge in [-0.2, -0.15) is 4.98 Å². The van der Waals surface area contributed by atoms with Crippen molar-refractivity contribution in [2.24, 2.45) is 0 Å². The Bertz CT molecular complexity index is 579. The minimum Gasteiger partial charge on any atom is -0.394 e. The van der Waals surface area contributed by atoms with Crippen molar-refractivity contribution in [2.75, 3.05) is 12.3 Å². The zero-order valence-corrected chi connectivity index (χ0v) is 9.80. The molecular formula is C11H13N3O5. The van der Waals surface area contributed by atoms with Crippen molar-refractivity contribution < 1.29 is 20.1 Å². The fourth-order valence-electron chi connectivity index (χ4n) is 1.88. The number of hydrogen-bond donors (Lipinski definition) is 4. The number of nitrogens with two attached hydrogens (primary N) is 1. The van der Waals surface area contributed by atoms with E-state index in [1.807, 2.05) is 0 Å². The number of aliphatic hydroxyl groups is 3. The van der Waals surface area contributed by atoms with Crippen LogP contribution in [0.5, 0.6) is 0 Å². The Morgan fingerprint density at radius 1 is 1.53 bits per heavy atom. The fraction of sp³-hybridized carbons (Fsp3) is 0.455. The molecule has 0 amide bonds. The van der Waals surface area contributed by atoms with Crippen molar-refractivity contribution in [3.63, 3.8) is 0 Å². The molecule has 1 aromatic rings. The zero-order valence-electron chi connectivity index (χ0n) is 9.80. The molecule has 0 spiro atoms. The van der Waals surface area contributed by atoms with E-state index in [1.165, 1.54) is 6.20 Å². The number of ether oxygens (including phenoxy) is 1. The molecule has 1 aromatic heterocycles. The molecule has 1 aliphatic rings. The van der Waals surface area contributed by atoms with Gasteiger partial charge in [0.05, 0.1) is 12.2 Å². The number of aromatic nitrogens is 2. The lowest BCUT2D eigenvalue weighted by Gasteiger charge is -2.17. The number of terminal acetylenes is 1. The third-order valence-electron chi connectivity index (χ3n) is 2.93. The highest BCUT2D eigenvalue weighted by Gasteiger charge is 2.43. The molecule has 2 heterocycles. The summed E-state index contributed by atoms with van der Waals surface area (Å²) in [4.78, 5) is 15.2. The number of nitrogens with zero attached hydrogens (tertiary/aromatic N) is 2. The quantitative estimate of drug-likeness (QED) is 0.433. The van der Waals surface area contributed by atoms with Crippen LogP contribution in [0.3, 0.4) is 0 Å². The first-order valence-corrected chi connectivity index (χ1v) is 5.47. The number of anilines is 1. The van der Waals surface area contributed by atoms with Crippen molar-refractivity contribution >= 4 is 5.82 Å². The zero-order chi connectivity index (χ0) is 14.2. The second-order valence-electron chi connectivity index (χ2n) is 4.10. The normalized spacial score (nSPS) is 30.2. The van der Waals surface area contributed by atoms with E-state index in [4.69, 9.17) is 22.0 Å². The van der Waals surface area contributed by atoms with E-state index < -0.39 is 36.8 Å². The summed E-state index contributed by atoms with van der Waals surface area (Å²) in [6.07, 6.45) is 1.56. The molecule has 4 atom stereocenters. The van der Waals surface area contributed by atoms with Gasteiger partial charge in [0.1, 0.15) is 24.1 Å². The molecule has 0 aliphatic carbocycles. The van der Waals surface area contributed by atoms with Gasteiger partial charge in [0.15, 0.2) is 6.23 Å². The third kappa shape index (κ3) is 2.20. The summed E-state index contributed by atoms with van der Waals surface area (Å²) in [7, 11) is 0. The molecule has 0 bridgehead atoms. The Balaban J connectivity index is 2.44. The molecule has 0 radical (unpaired) electrons. The largest absolute Gasteiger partial charge is 0.394 e. The van der Waals surface area contributed by atoms with Crippen molar-refractivity contribution in [1.82, 2.24) is 9.55 Å². The smallest absolute Gasteiger partial charge is 0.351 e. The predicted octanol–water partition coefficient (Wildman–Crippen LogP) is -2.58. The van der Waals surface area contributed by atoms with Crippen LogP contribution in [0.25, 0.3) is 0 Å². The van der Waals surface area contributed by atoms with E-state index in [9.17, 15) is 15.0 Å². The van der Waals surface area contributed by atoms with Gasteiger partial charge in [-0.3, -0.25) is 4.57 Å². The van der Waals surface area contributed by atoms with E-state index in [-0.39, 0.29) is 11.4 Å². The number of aliphatic hydroxyl groups excluding tert-OH is 3. The monoisotopic (exact) mass is 267 g/mol. The first-order valence-electron chi connectivity index (χ1n) is 5.47. The van der Waals surface area contributed by atoms with Crippen LogP contribution in [0.15, 0.2) is 11.0 Å². The highest BCUT2D eigenvalue weighted by atomic mass is 16.6. The Kier molecular flexibility index (Phi) is 3.55. The molecule has 2 rings (SSSR count). The van der Waals surface area contributed by atoms with Gasteiger partial charge in [0.2, 0.25) is 0 Å². The highest BCUT2D eigenvalue weighted by Crippen LogP contribution is 2.28. The highest BCUT2D eigenvalue weighted by molar-refractivity contribution is 5.47. The Hall–Kier alpha value is -1.92. The van der Waals surface area contributed by atoms with Gasteiger partial charge >= 0.3 is 5.69 Å². The molecule has 1 fully saturated rings. The SMILES string of the molecule is C#Cc1cn(C2OC(CO)C(O)C2O)c(=O)nc1N. The molecule has 8 heteroatoms. The summed E-state index contributed by atoms with van der Waals surface area (Å²) < 4.78 is 6.14. The van der Waals surface area contributed by atoms with Gasteiger partial charge in [0, 0.05) is 6.20 Å². The molecule has 0 saturated carbocycles. The van der Waals surface area contributed by atoms with Gasteiger partial charge in [-0.15, -0.1) is 6.42 Å².